The molecule has 0 N–H and O–H groups in total. The molecule has 0 fully saturated rings. The van der Waals surface area contributed by atoms with Gasteiger partial charge in [0.05, 0.1) is 18.5 Å². The number of nitrogens with zero attached hydrogens (tertiary/aromatic N) is 1. The highest BCUT2D eigenvalue weighted by atomic mass is 32.2. The molecule has 2 aromatic rings. The molecule has 0 unspecified atom stereocenters. The monoisotopic (exact) mass is 359 g/mol. The van der Waals surface area contributed by atoms with E-state index in [0.29, 0.717) is 0 Å². The van der Waals surface area contributed by atoms with Crippen LogP contribution in [0, 0.1) is 6.92 Å². The number of ether oxygens (including phenoxy) is 1. The highest BCUT2D eigenvalue weighted by molar-refractivity contribution is 7.90. The van der Waals surface area contributed by atoms with Crippen LogP contribution in [0.25, 0.3) is 0 Å². The van der Waals surface area contributed by atoms with E-state index in [1.165, 1.54) is 12.1 Å². The second-order valence-electron chi connectivity index (χ2n) is 5.76. The first-order chi connectivity index (χ1) is 11.9. The number of carbonyl (C=O) groups is 2. The molecule has 25 heavy (non-hydrogen) atoms. The van der Waals surface area contributed by atoms with Crippen LogP contribution in [0.2, 0.25) is 0 Å². The SMILES string of the molecule is Cc1ccc(CC(=O)OCCN2C(=O)c3ccccc3S2(=O)=O)cc1. The zero-order chi connectivity index (χ0) is 18.0. The van der Waals surface area contributed by atoms with E-state index < -0.39 is 21.9 Å². The Labute approximate surface area is 146 Å². The molecule has 0 spiro atoms. The van der Waals surface area contributed by atoms with Crippen LogP contribution in [0.3, 0.4) is 0 Å². The van der Waals surface area contributed by atoms with Crippen LogP contribution in [0.4, 0.5) is 0 Å². The standard InChI is InChI=1S/C18H17NO5S/c1-13-6-8-14(9-7-13)12-17(20)24-11-10-19-18(21)15-4-2-3-5-16(15)25(19,22)23/h2-9H,10-12H2,1H3. The molecule has 130 valence electrons. The van der Waals surface area contributed by atoms with Gasteiger partial charge in [-0.15, -0.1) is 0 Å². The maximum Gasteiger partial charge on any atom is 0.310 e. The Balaban J connectivity index is 1.58. The number of fused-ring (bicyclic) bond motifs is 1. The molecular weight excluding hydrogens is 342 g/mol. The molecule has 1 heterocycles. The first-order valence-electron chi connectivity index (χ1n) is 7.77. The molecule has 3 rings (SSSR count). The summed E-state index contributed by atoms with van der Waals surface area (Å²) < 4.78 is 30.5. The van der Waals surface area contributed by atoms with Gasteiger partial charge in [0.1, 0.15) is 11.5 Å². The van der Waals surface area contributed by atoms with Crippen molar-refractivity contribution in [2.45, 2.75) is 18.2 Å². The summed E-state index contributed by atoms with van der Waals surface area (Å²) in [4.78, 5) is 24.1. The van der Waals surface area contributed by atoms with Crippen molar-refractivity contribution in [3.63, 3.8) is 0 Å². The molecule has 0 atom stereocenters. The van der Waals surface area contributed by atoms with Gasteiger partial charge in [0.25, 0.3) is 15.9 Å². The van der Waals surface area contributed by atoms with E-state index in [2.05, 4.69) is 0 Å². The Hall–Kier alpha value is -2.67. The number of rotatable bonds is 5. The molecule has 0 aliphatic carbocycles. The Kier molecular flexibility index (Phi) is 4.59. The predicted octanol–water partition coefficient (Wildman–Crippen LogP) is 1.93. The lowest BCUT2D eigenvalue weighted by Crippen LogP contribution is -2.33. The van der Waals surface area contributed by atoms with Gasteiger partial charge in [-0.2, -0.15) is 0 Å². The number of esters is 1. The third-order valence-corrected chi connectivity index (χ3v) is 5.78. The van der Waals surface area contributed by atoms with Gasteiger partial charge in [0.2, 0.25) is 0 Å². The zero-order valence-electron chi connectivity index (χ0n) is 13.6. The van der Waals surface area contributed by atoms with E-state index in [1.54, 1.807) is 12.1 Å². The second kappa shape index (κ2) is 6.68. The normalized spacial score (nSPS) is 15.1. The fraction of sp³-hybridized carbons (Fsp3) is 0.222. The first-order valence-corrected chi connectivity index (χ1v) is 9.21. The van der Waals surface area contributed by atoms with E-state index in [4.69, 9.17) is 4.74 Å². The molecule has 1 aliphatic heterocycles. The number of carbonyl (C=O) groups excluding carboxylic acids is 2. The van der Waals surface area contributed by atoms with Crippen LogP contribution in [-0.2, 0) is 26.0 Å². The van der Waals surface area contributed by atoms with Crippen LogP contribution in [0.15, 0.2) is 53.4 Å². The molecule has 0 saturated carbocycles. The third kappa shape index (κ3) is 3.41. The molecular formula is C18H17NO5S. The van der Waals surface area contributed by atoms with Crippen molar-refractivity contribution in [3.8, 4) is 0 Å². The molecule has 6 nitrogen and oxygen atoms in total. The topological polar surface area (TPSA) is 80.8 Å². The van der Waals surface area contributed by atoms with Crippen molar-refractivity contribution < 1.29 is 22.7 Å². The summed E-state index contributed by atoms with van der Waals surface area (Å²) >= 11 is 0. The van der Waals surface area contributed by atoms with Gasteiger partial charge in [0.15, 0.2) is 0 Å². The average Bonchev–Trinajstić information content (AvgIpc) is 2.78. The fourth-order valence-electron chi connectivity index (χ4n) is 2.62. The van der Waals surface area contributed by atoms with Gasteiger partial charge in [0, 0.05) is 0 Å². The lowest BCUT2D eigenvalue weighted by molar-refractivity contribution is -0.142. The Morgan fingerprint density at radius 1 is 1.08 bits per heavy atom. The highest BCUT2D eigenvalue weighted by Crippen LogP contribution is 2.29. The Bertz CT molecular complexity index is 919. The fourth-order valence-corrected chi connectivity index (χ4v) is 4.17. The van der Waals surface area contributed by atoms with E-state index in [1.807, 2.05) is 31.2 Å². The number of hydrogen-bond donors (Lipinski definition) is 0. The average molecular weight is 359 g/mol. The van der Waals surface area contributed by atoms with Gasteiger partial charge in [-0.25, -0.2) is 12.7 Å². The minimum absolute atomic E-state index is 0.00835. The second-order valence-corrected chi connectivity index (χ2v) is 7.59. The summed E-state index contributed by atoms with van der Waals surface area (Å²) in [5.74, 6) is -1.06. The van der Waals surface area contributed by atoms with Crippen molar-refractivity contribution in [2.24, 2.45) is 0 Å². The van der Waals surface area contributed by atoms with E-state index in [-0.39, 0.29) is 30.0 Å². The number of hydrogen-bond acceptors (Lipinski definition) is 5. The van der Waals surface area contributed by atoms with Crippen molar-refractivity contribution in [1.29, 1.82) is 0 Å². The molecule has 0 aromatic heterocycles. The minimum atomic E-state index is -3.86. The van der Waals surface area contributed by atoms with Gasteiger partial charge in [-0.1, -0.05) is 42.0 Å². The minimum Gasteiger partial charge on any atom is -0.463 e. The van der Waals surface area contributed by atoms with E-state index in [0.717, 1.165) is 15.4 Å². The Morgan fingerprint density at radius 3 is 2.44 bits per heavy atom. The molecule has 0 radical (unpaired) electrons. The van der Waals surface area contributed by atoms with Gasteiger partial charge in [-0.05, 0) is 24.6 Å². The van der Waals surface area contributed by atoms with Crippen molar-refractivity contribution in [2.75, 3.05) is 13.2 Å². The van der Waals surface area contributed by atoms with Crippen molar-refractivity contribution >= 4 is 21.9 Å². The number of benzene rings is 2. The summed E-state index contributed by atoms with van der Waals surface area (Å²) in [7, 11) is -3.86. The molecule has 1 amide bonds. The van der Waals surface area contributed by atoms with E-state index >= 15 is 0 Å². The van der Waals surface area contributed by atoms with Crippen molar-refractivity contribution in [3.05, 3.63) is 65.2 Å². The van der Waals surface area contributed by atoms with Crippen LogP contribution >= 0.6 is 0 Å². The van der Waals surface area contributed by atoms with Gasteiger partial charge in [-0.3, -0.25) is 9.59 Å². The zero-order valence-corrected chi connectivity index (χ0v) is 14.5. The summed E-state index contributed by atoms with van der Waals surface area (Å²) in [5, 5.41) is 0. The molecule has 2 aromatic carbocycles. The number of sulfonamides is 1. The summed E-state index contributed by atoms with van der Waals surface area (Å²) in [5.41, 5.74) is 2.05. The van der Waals surface area contributed by atoms with Crippen LogP contribution in [0.1, 0.15) is 21.5 Å². The lowest BCUT2D eigenvalue weighted by Gasteiger charge is -2.15. The summed E-state index contributed by atoms with van der Waals surface area (Å²) in [6.07, 6.45) is 0.0984. The highest BCUT2D eigenvalue weighted by Gasteiger charge is 2.40. The number of amides is 1. The van der Waals surface area contributed by atoms with Crippen LogP contribution in [-0.4, -0.2) is 37.8 Å². The van der Waals surface area contributed by atoms with Gasteiger partial charge >= 0.3 is 5.97 Å². The maximum absolute atomic E-state index is 12.4. The summed E-state index contributed by atoms with van der Waals surface area (Å²) in [6.45, 7) is 1.58. The van der Waals surface area contributed by atoms with E-state index in [9.17, 15) is 18.0 Å². The molecule has 1 aliphatic rings. The lowest BCUT2D eigenvalue weighted by atomic mass is 10.1. The number of aryl methyl sites for hydroxylation is 1. The quantitative estimate of drug-likeness (QED) is 0.762. The van der Waals surface area contributed by atoms with Crippen LogP contribution in [0.5, 0.6) is 0 Å². The third-order valence-electron chi connectivity index (χ3n) is 3.94. The Morgan fingerprint density at radius 2 is 1.76 bits per heavy atom. The maximum atomic E-state index is 12.4. The molecule has 0 bridgehead atoms. The molecule has 0 saturated heterocycles. The molecule has 7 heteroatoms. The smallest absolute Gasteiger partial charge is 0.310 e. The first kappa shape index (κ1) is 17.2. The van der Waals surface area contributed by atoms with Crippen molar-refractivity contribution in [1.82, 2.24) is 4.31 Å². The predicted molar refractivity (Wildman–Crippen MR) is 90.5 cm³/mol. The largest absolute Gasteiger partial charge is 0.463 e. The van der Waals surface area contributed by atoms with Crippen LogP contribution < -0.4 is 0 Å². The summed E-state index contributed by atoms with van der Waals surface area (Å²) in [6, 6.07) is 13.5. The van der Waals surface area contributed by atoms with Gasteiger partial charge < -0.3 is 4.74 Å².